The molecule has 3 nitrogen and oxygen atoms in total. The van der Waals surface area contributed by atoms with Crippen LogP contribution in [-0.4, -0.2) is 9.38 Å². The highest BCUT2D eigenvalue weighted by Gasteiger charge is 2.13. The van der Waals surface area contributed by atoms with Crippen LogP contribution < -0.4 is 5.32 Å². The van der Waals surface area contributed by atoms with Crippen molar-refractivity contribution in [1.29, 1.82) is 0 Å². The van der Waals surface area contributed by atoms with Crippen molar-refractivity contribution in [3.05, 3.63) is 51.8 Å². The average Bonchev–Trinajstić information content (AvgIpc) is 3.11. The second kappa shape index (κ2) is 4.88. The zero-order valence-corrected chi connectivity index (χ0v) is 13.3. The molecule has 2 heterocycles. The van der Waals surface area contributed by atoms with Gasteiger partial charge in [-0.1, -0.05) is 6.07 Å². The van der Waals surface area contributed by atoms with Gasteiger partial charge in [0.2, 0.25) is 0 Å². The molecule has 108 valence electrons. The first-order valence-electron chi connectivity index (χ1n) is 7.50. The van der Waals surface area contributed by atoms with Gasteiger partial charge >= 0.3 is 0 Å². The first kappa shape index (κ1) is 12.9. The van der Waals surface area contributed by atoms with E-state index >= 15 is 0 Å². The van der Waals surface area contributed by atoms with E-state index in [0.29, 0.717) is 0 Å². The number of rotatable bonds is 3. The third-order valence-corrected chi connectivity index (χ3v) is 5.20. The average molecular weight is 297 g/mol. The van der Waals surface area contributed by atoms with E-state index in [1.165, 1.54) is 46.6 Å². The number of thiazole rings is 1. The summed E-state index contributed by atoms with van der Waals surface area (Å²) in [5, 5.41) is 3.56. The molecule has 0 unspecified atom stereocenters. The van der Waals surface area contributed by atoms with Crippen LogP contribution in [0.2, 0.25) is 0 Å². The molecule has 1 aliphatic carbocycles. The predicted octanol–water partition coefficient (Wildman–Crippen LogP) is 4.11. The van der Waals surface area contributed by atoms with Crippen molar-refractivity contribution in [2.24, 2.45) is 0 Å². The number of benzene rings is 1. The van der Waals surface area contributed by atoms with E-state index in [1.807, 2.05) is 0 Å². The standard InChI is InChI=1S/C17H19N3S/c1-11-10-20-16(12(2)19-17(20)21-11)9-18-15-7-6-13-4-3-5-14(13)8-15/h6-8,10,18H,3-5,9H2,1-2H3. The van der Waals surface area contributed by atoms with Gasteiger partial charge < -0.3 is 5.32 Å². The summed E-state index contributed by atoms with van der Waals surface area (Å²) in [5.74, 6) is 0. The maximum absolute atomic E-state index is 4.65. The van der Waals surface area contributed by atoms with E-state index in [9.17, 15) is 0 Å². The lowest BCUT2D eigenvalue weighted by Crippen LogP contribution is -2.04. The van der Waals surface area contributed by atoms with Gasteiger partial charge in [0.05, 0.1) is 17.9 Å². The summed E-state index contributed by atoms with van der Waals surface area (Å²) in [7, 11) is 0. The van der Waals surface area contributed by atoms with Crippen LogP contribution in [0.5, 0.6) is 0 Å². The van der Waals surface area contributed by atoms with Gasteiger partial charge in [0, 0.05) is 16.8 Å². The predicted molar refractivity (Wildman–Crippen MR) is 88.3 cm³/mol. The highest BCUT2D eigenvalue weighted by Crippen LogP contribution is 2.26. The Morgan fingerprint density at radius 3 is 3.00 bits per heavy atom. The number of aryl methyl sites for hydroxylation is 4. The van der Waals surface area contributed by atoms with Gasteiger partial charge in [-0.05, 0) is 56.4 Å². The van der Waals surface area contributed by atoms with E-state index in [1.54, 1.807) is 11.3 Å². The fourth-order valence-electron chi connectivity index (χ4n) is 3.19. The Bertz CT molecular complexity index is 813. The number of hydrogen-bond donors (Lipinski definition) is 1. The molecule has 0 amide bonds. The fraction of sp³-hybridized carbons (Fsp3) is 0.353. The van der Waals surface area contributed by atoms with Crippen LogP contribution in [0, 0.1) is 13.8 Å². The summed E-state index contributed by atoms with van der Waals surface area (Å²) in [4.78, 5) is 7.04. The van der Waals surface area contributed by atoms with Crippen LogP contribution in [0.15, 0.2) is 24.4 Å². The number of nitrogens with zero attached hydrogens (tertiary/aromatic N) is 2. The molecule has 21 heavy (non-hydrogen) atoms. The Hall–Kier alpha value is -1.81. The third-order valence-electron chi connectivity index (χ3n) is 4.30. The van der Waals surface area contributed by atoms with Crippen molar-refractivity contribution >= 4 is 22.0 Å². The van der Waals surface area contributed by atoms with Gasteiger partial charge in [-0.15, -0.1) is 11.3 Å². The van der Waals surface area contributed by atoms with Gasteiger partial charge in [0.25, 0.3) is 0 Å². The molecule has 0 bridgehead atoms. The van der Waals surface area contributed by atoms with Gasteiger partial charge in [-0.2, -0.15) is 0 Å². The van der Waals surface area contributed by atoms with E-state index in [4.69, 9.17) is 0 Å². The zero-order valence-electron chi connectivity index (χ0n) is 12.4. The Morgan fingerprint density at radius 1 is 1.24 bits per heavy atom. The maximum Gasteiger partial charge on any atom is 0.194 e. The number of anilines is 1. The lowest BCUT2D eigenvalue weighted by atomic mass is 10.1. The Labute approximate surface area is 128 Å². The first-order chi connectivity index (χ1) is 10.2. The van der Waals surface area contributed by atoms with E-state index in [0.717, 1.165) is 17.2 Å². The molecule has 0 aliphatic heterocycles. The van der Waals surface area contributed by atoms with Crippen molar-refractivity contribution in [3.63, 3.8) is 0 Å². The Morgan fingerprint density at radius 2 is 2.10 bits per heavy atom. The molecule has 0 atom stereocenters. The molecule has 1 N–H and O–H groups in total. The molecule has 1 aliphatic rings. The summed E-state index contributed by atoms with van der Waals surface area (Å²) >= 11 is 1.75. The third kappa shape index (κ3) is 2.23. The van der Waals surface area contributed by atoms with Crippen LogP contribution >= 0.6 is 11.3 Å². The van der Waals surface area contributed by atoms with Crippen molar-refractivity contribution < 1.29 is 0 Å². The molecule has 2 aromatic heterocycles. The molecule has 1 aromatic carbocycles. The van der Waals surface area contributed by atoms with Crippen LogP contribution in [0.25, 0.3) is 4.96 Å². The summed E-state index contributed by atoms with van der Waals surface area (Å²) in [6.45, 7) is 5.04. The summed E-state index contributed by atoms with van der Waals surface area (Å²) in [6.07, 6.45) is 5.95. The largest absolute Gasteiger partial charge is 0.379 e. The number of imidazole rings is 1. The molecular weight excluding hydrogens is 278 g/mol. The Balaban J connectivity index is 1.59. The SMILES string of the molecule is Cc1cn2c(CNc3ccc4c(c3)CCC4)c(C)nc2s1. The minimum atomic E-state index is 0.821. The van der Waals surface area contributed by atoms with Crippen molar-refractivity contribution in [2.75, 3.05) is 5.32 Å². The monoisotopic (exact) mass is 297 g/mol. The summed E-state index contributed by atoms with van der Waals surface area (Å²) in [6, 6.07) is 6.80. The molecule has 4 heteroatoms. The van der Waals surface area contributed by atoms with Crippen molar-refractivity contribution in [1.82, 2.24) is 9.38 Å². The van der Waals surface area contributed by atoms with Crippen LogP contribution in [0.4, 0.5) is 5.69 Å². The molecule has 0 saturated heterocycles. The fourth-order valence-corrected chi connectivity index (χ4v) is 4.08. The first-order valence-corrected chi connectivity index (χ1v) is 8.32. The summed E-state index contributed by atoms with van der Waals surface area (Å²) in [5.41, 5.74) is 6.64. The molecule has 0 saturated carbocycles. The smallest absolute Gasteiger partial charge is 0.194 e. The number of hydrogen-bond acceptors (Lipinski definition) is 3. The lowest BCUT2D eigenvalue weighted by molar-refractivity contribution is 0.911. The summed E-state index contributed by atoms with van der Waals surface area (Å²) < 4.78 is 2.22. The zero-order chi connectivity index (χ0) is 14.4. The van der Waals surface area contributed by atoms with Crippen molar-refractivity contribution in [2.45, 2.75) is 39.7 Å². The number of fused-ring (bicyclic) bond motifs is 2. The topological polar surface area (TPSA) is 29.3 Å². The molecule has 0 fully saturated rings. The lowest BCUT2D eigenvalue weighted by Gasteiger charge is -2.09. The van der Waals surface area contributed by atoms with Gasteiger partial charge in [0.15, 0.2) is 4.96 Å². The van der Waals surface area contributed by atoms with E-state index < -0.39 is 0 Å². The van der Waals surface area contributed by atoms with Gasteiger partial charge in [0.1, 0.15) is 0 Å². The molecule has 0 spiro atoms. The molecule has 3 aromatic rings. The van der Waals surface area contributed by atoms with Crippen molar-refractivity contribution in [3.8, 4) is 0 Å². The van der Waals surface area contributed by atoms with Crippen LogP contribution in [-0.2, 0) is 19.4 Å². The second-order valence-corrected chi connectivity index (χ2v) is 7.04. The normalized spacial score (nSPS) is 13.8. The van der Waals surface area contributed by atoms with Crippen LogP contribution in [0.3, 0.4) is 0 Å². The van der Waals surface area contributed by atoms with Gasteiger partial charge in [-0.25, -0.2) is 4.98 Å². The van der Waals surface area contributed by atoms with Crippen LogP contribution in [0.1, 0.15) is 33.8 Å². The quantitative estimate of drug-likeness (QED) is 0.788. The molecular formula is C17H19N3S. The minimum Gasteiger partial charge on any atom is -0.379 e. The van der Waals surface area contributed by atoms with E-state index in [-0.39, 0.29) is 0 Å². The highest BCUT2D eigenvalue weighted by atomic mass is 32.1. The van der Waals surface area contributed by atoms with E-state index in [2.05, 4.69) is 52.9 Å². The highest BCUT2D eigenvalue weighted by molar-refractivity contribution is 7.17. The van der Waals surface area contributed by atoms with Gasteiger partial charge in [-0.3, -0.25) is 4.40 Å². The number of nitrogens with one attached hydrogen (secondary N) is 1. The molecule has 4 rings (SSSR count). The Kier molecular flexibility index (Phi) is 3.00. The molecule has 0 radical (unpaired) electrons. The minimum absolute atomic E-state index is 0.821. The second-order valence-electron chi connectivity index (χ2n) is 5.83. The maximum atomic E-state index is 4.65. The number of aromatic nitrogens is 2.